The van der Waals surface area contributed by atoms with E-state index < -0.39 is 0 Å². The normalized spacial score (nSPS) is 17.9. The molecule has 1 aromatic heterocycles. The van der Waals surface area contributed by atoms with Crippen molar-refractivity contribution in [3.63, 3.8) is 0 Å². The van der Waals surface area contributed by atoms with Gasteiger partial charge in [0.2, 0.25) is 0 Å². The number of hydrogen-bond acceptors (Lipinski definition) is 2. The molecule has 1 atom stereocenters. The Kier molecular flexibility index (Phi) is 5.68. The molecule has 3 nitrogen and oxygen atoms in total. The van der Waals surface area contributed by atoms with Crippen LogP contribution in [0.2, 0.25) is 0 Å². The number of benzene rings is 1. The van der Waals surface area contributed by atoms with Crippen molar-refractivity contribution < 1.29 is 4.74 Å². The number of ether oxygens (including phenoxy) is 1. The summed E-state index contributed by atoms with van der Waals surface area (Å²) in [6.07, 6.45) is 5.82. The number of aromatic amines is 1. The van der Waals surface area contributed by atoms with Crippen LogP contribution in [0, 0.1) is 5.92 Å². The molecule has 1 aromatic carbocycles. The molecule has 2 N–H and O–H groups in total. The van der Waals surface area contributed by atoms with E-state index in [2.05, 4.69) is 49.4 Å². The number of hydrogen-bond donors (Lipinski definition) is 2. The van der Waals surface area contributed by atoms with E-state index in [-0.39, 0.29) is 0 Å². The van der Waals surface area contributed by atoms with E-state index in [1.807, 2.05) is 6.07 Å². The summed E-state index contributed by atoms with van der Waals surface area (Å²) >= 11 is 0. The molecule has 0 radical (unpaired) electrons. The minimum Gasteiger partial charge on any atom is -0.497 e. The number of nitrogens with one attached hydrogen (secondary N) is 2. The predicted octanol–water partition coefficient (Wildman–Crippen LogP) is 4.13. The van der Waals surface area contributed by atoms with Crippen molar-refractivity contribution in [1.82, 2.24) is 10.3 Å². The molecule has 2 heterocycles. The van der Waals surface area contributed by atoms with Crippen LogP contribution in [0.1, 0.15) is 39.2 Å². The average molecular weight is 288 g/mol. The van der Waals surface area contributed by atoms with E-state index in [4.69, 9.17) is 4.74 Å². The van der Waals surface area contributed by atoms with Gasteiger partial charge in [-0.15, -0.1) is 0 Å². The van der Waals surface area contributed by atoms with Crippen molar-refractivity contribution in [2.45, 2.75) is 46.1 Å². The number of H-pyrrole nitrogens is 1. The minimum atomic E-state index is 0.639. The van der Waals surface area contributed by atoms with Gasteiger partial charge >= 0.3 is 0 Å². The Balaban J connectivity index is 0.000000361. The fourth-order valence-corrected chi connectivity index (χ4v) is 2.65. The lowest BCUT2D eigenvalue weighted by molar-refractivity contribution is 0.415. The molecule has 3 heteroatoms. The monoisotopic (exact) mass is 288 g/mol. The van der Waals surface area contributed by atoms with E-state index >= 15 is 0 Å². The molecule has 1 aliphatic rings. The standard InChI is InChI=1S/C14H18N2O.C4H10/c1-17-12-4-5-14-13(8-12)10(9-16-14)7-11-3-2-6-15-11;1-4(2)3/h4-5,8-9,11,15-16H,2-3,6-7H2,1H3;4H,1-3H3. The van der Waals surface area contributed by atoms with Crippen LogP contribution in [0.3, 0.4) is 0 Å². The summed E-state index contributed by atoms with van der Waals surface area (Å²) in [4.78, 5) is 3.33. The molecule has 3 rings (SSSR count). The van der Waals surface area contributed by atoms with Gasteiger partial charge in [0.15, 0.2) is 0 Å². The van der Waals surface area contributed by atoms with Crippen molar-refractivity contribution in [2.75, 3.05) is 13.7 Å². The van der Waals surface area contributed by atoms with Crippen LogP contribution in [0.15, 0.2) is 24.4 Å². The first kappa shape index (κ1) is 15.9. The second-order valence-electron chi connectivity index (χ2n) is 6.45. The predicted molar refractivity (Wildman–Crippen MR) is 90.1 cm³/mol. The molecule has 21 heavy (non-hydrogen) atoms. The Bertz CT molecular complexity index is 551. The molecular weight excluding hydrogens is 260 g/mol. The largest absolute Gasteiger partial charge is 0.497 e. The van der Waals surface area contributed by atoms with Crippen molar-refractivity contribution in [3.8, 4) is 5.75 Å². The Morgan fingerprint density at radius 1 is 1.29 bits per heavy atom. The summed E-state index contributed by atoms with van der Waals surface area (Å²) in [5, 5.41) is 4.83. The van der Waals surface area contributed by atoms with Gasteiger partial charge in [-0.2, -0.15) is 0 Å². The fourth-order valence-electron chi connectivity index (χ4n) is 2.65. The molecule has 0 aliphatic carbocycles. The fraction of sp³-hybridized carbons (Fsp3) is 0.556. The summed E-state index contributed by atoms with van der Waals surface area (Å²) in [5.74, 6) is 1.76. The highest BCUT2D eigenvalue weighted by atomic mass is 16.5. The van der Waals surface area contributed by atoms with E-state index in [0.29, 0.717) is 6.04 Å². The molecule has 0 bridgehead atoms. The quantitative estimate of drug-likeness (QED) is 0.891. The van der Waals surface area contributed by atoms with E-state index in [0.717, 1.165) is 24.6 Å². The molecule has 0 saturated carbocycles. The van der Waals surface area contributed by atoms with Gasteiger partial charge in [-0.25, -0.2) is 0 Å². The number of rotatable bonds is 3. The maximum absolute atomic E-state index is 5.29. The van der Waals surface area contributed by atoms with Crippen molar-refractivity contribution in [2.24, 2.45) is 5.92 Å². The van der Waals surface area contributed by atoms with Crippen LogP contribution in [0.25, 0.3) is 10.9 Å². The van der Waals surface area contributed by atoms with Gasteiger partial charge in [0.1, 0.15) is 5.75 Å². The van der Waals surface area contributed by atoms with Gasteiger partial charge in [-0.05, 0) is 55.5 Å². The second-order valence-corrected chi connectivity index (χ2v) is 6.45. The number of methoxy groups -OCH3 is 1. The third-order valence-corrected chi connectivity index (χ3v) is 3.60. The summed E-state index contributed by atoms with van der Waals surface area (Å²) in [6, 6.07) is 6.84. The molecule has 1 unspecified atom stereocenters. The lowest BCUT2D eigenvalue weighted by atomic mass is 10.0. The van der Waals surface area contributed by atoms with Crippen molar-refractivity contribution >= 4 is 10.9 Å². The zero-order valence-corrected chi connectivity index (χ0v) is 13.7. The highest BCUT2D eigenvalue weighted by Crippen LogP contribution is 2.25. The Hall–Kier alpha value is -1.48. The topological polar surface area (TPSA) is 37.0 Å². The van der Waals surface area contributed by atoms with Crippen LogP contribution >= 0.6 is 0 Å². The lowest BCUT2D eigenvalue weighted by Crippen LogP contribution is -2.23. The molecule has 1 fully saturated rings. The molecule has 0 spiro atoms. The smallest absolute Gasteiger partial charge is 0.119 e. The molecule has 1 aliphatic heterocycles. The average Bonchev–Trinajstić information content (AvgIpc) is 3.08. The van der Waals surface area contributed by atoms with Gasteiger partial charge in [0.25, 0.3) is 0 Å². The van der Waals surface area contributed by atoms with Gasteiger partial charge in [0.05, 0.1) is 7.11 Å². The van der Waals surface area contributed by atoms with Crippen molar-refractivity contribution in [1.29, 1.82) is 0 Å². The zero-order chi connectivity index (χ0) is 15.2. The van der Waals surface area contributed by atoms with Crippen molar-refractivity contribution in [3.05, 3.63) is 30.0 Å². The number of aromatic nitrogens is 1. The van der Waals surface area contributed by atoms with E-state index in [9.17, 15) is 0 Å². The van der Waals surface area contributed by atoms with Crippen LogP contribution in [-0.2, 0) is 6.42 Å². The van der Waals surface area contributed by atoms with Crippen LogP contribution in [0.5, 0.6) is 5.75 Å². The molecular formula is C18H28N2O. The van der Waals surface area contributed by atoms with Crippen LogP contribution < -0.4 is 10.1 Å². The number of fused-ring (bicyclic) bond motifs is 1. The van der Waals surface area contributed by atoms with Crippen LogP contribution in [-0.4, -0.2) is 24.7 Å². The SMILES string of the molecule is CC(C)C.COc1ccc2[nH]cc(CC3CCCN3)c2c1. The summed E-state index contributed by atoms with van der Waals surface area (Å²) < 4.78 is 5.29. The Morgan fingerprint density at radius 3 is 2.67 bits per heavy atom. The zero-order valence-electron chi connectivity index (χ0n) is 13.7. The summed E-state index contributed by atoms with van der Waals surface area (Å²) in [6.45, 7) is 7.66. The molecule has 1 saturated heterocycles. The highest BCUT2D eigenvalue weighted by Gasteiger charge is 2.16. The molecule has 116 valence electrons. The Labute approximate surface area is 128 Å². The Morgan fingerprint density at radius 2 is 2.05 bits per heavy atom. The first-order valence-corrected chi connectivity index (χ1v) is 7.97. The van der Waals surface area contributed by atoms with E-state index in [1.54, 1.807) is 7.11 Å². The van der Waals surface area contributed by atoms with Gasteiger partial charge in [0, 0.05) is 23.1 Å². The van der Waals surface area contributed by atoms with Gasteiger partial charge in [-0.1, -0.05) is 20.8 Å². The first-order valence-electron chi connectivity index (χ1n) is 7.97. The second kappa shape index (κ2) is 7.51. The minimum absolute atomic E-state index is 0.639. The van der Waals surface area contributed by atoms with Gasteiger partial charge in [-0.3, -0.25) is 0 Å². The maximum atomic E-state index is 5.29. The summed E-state index contributed by atoms with van der Waals surface area (Å²) in [7, 11) is 1.71. The highest BCUT2D eigenvalue weighted by molar-refractivity contribution is 5.84. The first-order chi connectivity index (χ1) is 10.1. The van der Waals surface area contributed by atoms with Gasteiger partial charge < -0.3 is 15.0 Å². The third kappa shape index (κ3) is 4.50. The lowest BCUT2D eigenvalue weighted by Gasteiger charge is -2.09. The molecule has 2 aromatic rings. The summed E-state index contributed by atoms with van der Waals surface area (Å²) in [5.41, 5.74) is 2.58. The van der Waals surface area contributed by atoms with Crippen LogP contribution in [0.4, 0.5) is 0 Å². The third-order valence-electron chi connectivity index (χ3n) is 3.60. The van der Waals surface area contributed by atoms with E-state index in [1.165, 1.54) is 29.3 Å². The maximum Gasteiger partial charge on any atom is 0.119 e. The molecule has 0 amide bonds.